The second-order valence-corrected chi connectivity index (χ2v) is 7.98. The highest BCUT2D eigenvalue weighted by molar-refractivity contribution is 6.30. The Morgan fingerprint density at radius 1 is 1.09 bits per heavy atom. The van der Waals surface area contributed by atoms with Crippen LogP contribution in [0.15, 0.2) is 90.6 Å². The van der Waals surface area contributed by atoms with Crippen molar-refractivity contribution >= 4 is 23.6 Å². The monoisotopic (exact) mass is 483 g/mol. The number of benzene rings is 3. The minimum atomic E-state index is -0.673. The Labute approximate surface area is 208 Å². The molecule has 6 nitrogen and oxygen atoms in total. The van der Waals surface area contributed by atoms with Crippen LogP contribution in [0.2, 0.25) is 5.02 Å². The van der Waals surface area contributed by atoms with Gasteiger partial charge in [0.05, 0.1) is 12.3 Å². The summed E-state index contributed by atoms with van der Waals surface area (Å²) in [6, 6.07) is 26.5. The number of nitriles is 1. The molecule has 0 N–H and O–H groups in total. The minimum Gasteiger partial charge on any atom is -0.489 e. The third kappa shape index (κ3) is 5.97. The van der Waals surface area contributed by atoms with E-state index in [1.807, 2.05) is 84.9 Å². The molecule has 0 aliphatic rings. The molecule has 0 aliphatic heterocycles. The van der Waals surface area contributed by atoms with Crippen LogP contribution in [-0.2, 0) is 16.1 Å². The van der Waals surface area contributed by atoms with Crippen molar-refractivity contribution in [1.29, 1.82) is 5.26 Å². The van der Waals surface area contributed by atoms with Crippen LogP contribution < -0.4 is 4.74 Å². The zero-order chi connectivity index (χ0) is 24.6. The Kier molecular flexibility index (Phi) is 7.61. The summed E-state index contributed by atoms with van der Waals surface area (Å²) in [5.74, 6) is -0.0130. The highest BCUT2D eigenvalue weighted by atomic mass is 35.5. The molecule has 0 unspecified atom stereocenters. The van der Waals surface area contributed by atoms with Gasteiger partial charge in [0.2, 0.25) is 0 Å². The molecule has 3 aromatic carbocycles. The summed E-state index contributed by atoms with van der Waals surface area (Å²) in [6.45, 7) is 2.26. The zero-order valence-corrected chi connectivity index (χ0v) is 19.8. The van der Waals surface area contributed by atoms with E-state index in [0.717, 1.165) is 16.8 Å². The van der Waals surface area contributed by atoms with Crippen molar-refractivity contribution in [3.63, 3.8) is 0 Å². The summed E-state index contributed by atoms with van der Waals surface area (Å²) in [4.78, 5) is 12.2. The normalized spacial score (nSPS) is 11.1. The SMILES string of the molecule is CCOC(=O)C(C#N)=Cc1cn(-c2ccccc2)nc1-c1cccc(OCc2ccc(Cl)cc2)c1. The number of hydrogen-bond donors (Lipinski definition) is 0. The molecule has 0 atom stereocenters. The molecule has 0 radical (unpaired) electrons. The van der Waals surface area contributed by atoms with Gasteiger partial charge in [-0.2, -0.15) is 10.4 Å². The van der Waals surface area contributed by atoms with Crippen molar-refractivity contribution in [3.05, 3.63) is 107 Å². The van der Waals surface area contributed by atoms with Gasteiger partial charge in [-0.1, -0.05) is 54.1 Å². The van der Waals surface area contributed by atoms with Gasteiger partial charge in [0.1, 0.15) is 29.7 Å². The number of esters is 1. The number of ether oxygens (including phenoxy) is 2. The number of nitrogens with zero attached hydrogens (tertiary/aromatic N) is 3. The van der Waals surface area contributed by atoms with Gasteiger partial charge in [0, 0.05) is 22.3 Å². The van der Waals surface area contributed by atoms with Crippen LogP contribution in [-0.4, -0.2) is 22.4 Å². The molecule has 0 saturated heterocycles. The summed E-state index contributed by atoms with van der Waals surface area (Å²) in [5, 5.41) is 15.0. The van der Waals surface area contributed by atoms with E-state index in [2.05, 4.69) is 0 Å². The van der Waals surface area contributed by atoms with Crippen LogP contribution >= 0.6 is 11.6 Å². The zero-order valence-electron chi connectivity index (χ0n) is 19.0. The Bertz CT molecular complexity index is 1390. The van der Waals surface area contributed by atoms with Crippen LogP contribution in [0.25, 0.3) is 23.0 Å². The van der Waals surface area contributed by atoms with E-state index in [0.29, 0.717) is 28.6 Å². The lowest BCUT2D eigenvalue weighted by Gasteiger charge is -2.08. The summed E-state index contributed by atoms with van der Waals surface area (Å²) < 4.78 is 12.7. The number of carbonyl (C=O) groups excluding carboxylic acids is 1. The Hall–Kier alpha value is -4.34. The molecule has 35 heavy (non-hydrogen) atoms. The largest absolute Gasteiger partial charge is 0.489 e. The van der Waals surface area contributed by atoms with Crippen molar-refractivity contribution in [1.82, 2.24) is 9.78 Å². The predicted molar refractivity (Wildman–Crippen MR) is 135 cm³/mol. The van der Waals surface area contributed by atoms with E-state index in [1.165, 1.54) is 6.08 Å². The van der Waals surface area contributed by atoms with Crippen molar-refractivity contribution in [2.75, 3.05) is 6.61 Å². The predicted octanol–water partition coefficient (Wildman–Crippen LogP) is 6.24. The molecule has 1 heterocycles. The van der Waals surface area contributed by atoms with Crippen LogP contribution in [0.1, 0.15) is 18.1 Å². The first-order chi connectivity index (χ1) is 17.1. The van der Waals surface area contributed by atoms with Crippen LogP contribution in [0.3, 0.4) is 0 Å². The van der Waals surface area contributed by atoms with Crippen molar-refractivity contribution in [3.8, 4) is 28.8 Å². The van der Waals surface area contributed by atoms with Crippen LogP contribution in [0, 0.1) is 11.3 Å². The summed E-state index contributed by atoms with van der Waals surface area (Å²) >= 11 is 5.96. The van der Waals surface area contributed by atoms with E-state index in [9.17, 15) is 10.1 Å². The molecule has 0 aliphatic carbocycles. The van der Waals surface area contributed by atoms with Crippen molar-refractivity contribution < 1.29 is 14.3 Å². The third-order valence-electron chi connectivity index (χ3n) is 5.11. The highest BCUT2D eigenvalue weighted by Crippen LogP contribution is 2.29. The van der Waals surface area contributed by atoms with Gasteiger partial charge in [-0.05, 0) is 55.0 Å². The van der Waals surface area contributed by atoms with E-state index < -0.39 is 5.97 Å². The van der Waals surface area contributed by atoms with Crippen LogP contribution in [0.4, 0.5) is 0 Å². The summed E-state index contributed by atoms with van der Waals surface area (Å²) in [6.07, 6.45) is 3.28. The van der Waals surface area contributed by atoms with E-state index >= 15 is 0 Å². The lowest BCUT2D eigenvalue weighted by molar-refractivity contribution is -0.137. The molecule has 1 aromatic heterocycles. The quantitative estimate of drug-likeness (QED) is 0.168. The van der Waals surface area contributed by atoms with Gasteiger partial charge < -0.3 is 9.47 Å². The second kappa shape index (κ2) is 11.2. The standard InChI is InChI=1S/C28H22ClN3O3/c1-2-34-28(33)22(17-30)15-23-18-32(25-8-4-3-5-9-25)31-27(23)21-7-6-10-26(16-21)35-19-20-11-13-24(29)14-12-20/h3-16,18H,2,19H2,1H3. The molecule has 0 spiro atoms. The van der Waals surface area contributed by atoms with Gasteiger partial charge in [-0.3, -0.25) is 0 Å². The molecular weight excluding hydrogens is 462 g/mol. The molecule has 7 heteroatoms. The molecule has 0 fully saturated rings. The Morgan fingerprint density at radius 2 is 1.86 bits per heavy atom. The van der Waals surface area contributed by atoms with Crippen molar-refractivity contribution in [2.45, 2.75) is 13.5 Å². The average Bonchev–Trinajstić information content (AvgIpc) is 3.32. The van der Waals surface area contributed by atoms with Gasteiger partial charge in [-0.15, -0.1) is 0 Å². The smallest absolute Gasteiger partial charge is 0.348 e. The fourth-order valence-corrected chi connectivity index (χ4v) is 3.54. The summed E-state index contributed by atoms with van der Waals surface area (Å²) in [7, 11) is 0. The Morgan fingerprint density at radius 3 is 2.57 bits per heavy atom. The topological polar surface area (TPSA) is 77.1 Å². The van der Waals surface area contributed by atoms with Gasteiger partial charge in [-0.25, -0.2) is 9.48 Å². The molecular formula is C28H22ClN3O3. The van der Waals surface area contributed by atoms with E-state index in [4.69, 9.17) is 26.2 Å². The number of aromatic nitrogens is 2. The fourth-order valence-electron chi connectivity index (χ4n) is 3.41. The number of rotatable bonds is 8. The first-order valence-electron chi connectivity index (χ1n) is 11.0. The average molecular weight is 484 g/mol. The molecule has 0 bridgehead atoms. The molecule has 0 saturated carbocycles. The van der Waals surface area contributed by atoms with Gasteiger partial charge in [0.25, 0.3) is 0 Å². The van der Waals surface area contributed by atoms with Crippen molar-refractivity contribution in [2.24, 2.45) is 0 Å². The minimum absolute atomic E-state index is 0.101. The van der Waals surface area contributed by atoms with Gasteiger partial charge >= 0.3 is 5.97 Å². The maximum absolute atomic E-state index is 12.2. The maximum Gasteiger partial charge on any atom is 0.348 e. The van der Waals surface area contributed by atoms with E-state index in [-0.39, 0.29) is 12.2 Å². The van der Waals surface area contributed by atoms with Crippen LogP contribution in [0.5, 0.6) is 5.75 Å². The third-order valence-corrected chi connectivity index (χ3v) is 5.36. The lowest BCUT2D eigenvalue weighted by Crippen LogP contribution is -2.06. The van der Waals surface area contributed by atoms with Gasteiger partial charge in [0.15, 0.2) is 0 Å². The molecule has 0 amide bonds. The number of para-hydroxylation sites is 1. The van der Waals surface area contributed by atoms with E-state index in [1.54, 1.807) is 17.8 Å². The lowest BCUT2D eigenvalue weighted by atomic mass is 10.1. The molecule has 4 aromatic rings. The number of carbonyl (C=O) groups is 1. The first-order valence-corrected chi connectivity index (χ1v) is 11.4. The Balaban J connectivity index is 1.70. The molecule has 4 rings (SSSR count). The fraction of sp³-hybridized carbons (Fsp3) is 0.107. The summed E-state index contributed by atoms with van der Waals surface area (Å²) in [5.41, 5.74) is 3.72. The first kappa shape index (κ1) is 23.8. The highest BCUT2D eigenvalue weighted by Gasteiger charge is 2.16. The maximum atomic E-state index is 12.2. The molecule has 174 valence electrons. The number of halogens is 1. The second-order valence-electron chi connectivity index (χ2n) is 7.55. The number of hydrogen-bond acceptors (Lipinski definition) is 5.